The normalized spacial score (nSPS) is 25.7. The van der Waals surface area contributed by atoms with Gasteiger partial charge in [-0.1, -0.05) is 34.6 Å². The van der Waals surface area contributed by atoms with Crippen LogP contribution in [0.2, 0.25) is 0 Å². The van der Waals surface area contributed by atoms with E-state index in [-0.39, 0.29) is 0 Å². The van der Waals surface area contributed by atoms with Crippen LogP contribution in [0, 0.1) is 11.8 Å². The summed E-state index contributed by atoms with van der Waals surface area (Å²) in [5, 5.41) is 5.02. The molecule has 0 radical (unpaired) electrons. The van der Waals surface area contributed by atoms with Crippen LogP contribution in [0.1, 0.15) is 57.5 Å². The molecule has 4 heteroatoms. The Kier molecular flexibility index (Phi) is 5.81. The second kappa shape index (κ2) is 7.21. The van der Waals surface area contributed by atoms with Crippen molar-refractivity contribution in [2.75, 3.05) is 13.1 Å². The van der Waals surface area contributed by atoms with Gasteiger partial charge in [0.25, 0.3) is 0 Å². The number of piperazine rings is 1. The van der Waals surface area contributed by atoms with Gasteiger partial charge in [0.05, 0.1) is 6.04 Å². The number of nitrogens with zero attached hydrogens (tertiary/aromatic N) is 2. The van der Waals surface area contributed by atoms with Gasteiger partial charge >= 0.3 is 0 Å². The van der Waals surface area contributed by atoms with Gasteiger partial charge in [-0.15, -0.1) is 11.3 Å². The molecule has 3 unspecified atom stereocenters. The lowest BCUT2D eigenvalue weighted by atomic mass is 9.93. The summed E-state index contributed by atoms with van der Waals surface area (Å²) < 4.78 is 0. The van der Waals surface area contributed by atoms with Crippen LogP contribution in [-0.4, -0.2) is 35.1 Å². The highest BCUT2D eigenvalue weighted by Crippen LogP contribution is 2.31. The number of aryl methyl sites for hydroxylation is 1. The van der Waals surface area contributed by atoms with Gasteiger partial charge < -0.3 is 5.32 Å². The molecule has 3 nitrogen and oxygen atoms in total. The molecule has 1 aromatic heterocycles. The molecule has 0 spiro atoms. The summed E-state index contributed by atoms with van der Waals surface area (Å²) in [5.41, 5.74) is 0. The van der Waals surface area contributed by atoms with Crippen LogP contribution >= 0.6 is 11.3 Å². The predicted octanol–water partition coefficient (Wildman–Crippen LogP) is 3.72. The molecule has 0 aliphatic carbocycles. The maximum absolute atomic E-state index is 4.68. The number of hydrogen-bond donors (Lipinski definition) is 1. The van der Waals surface area contributed by atoms with Crippen molar-refractivity contribution in [1.82, 2.24) is 15.2 Å². The maximum Gasteiger partial charge on any atom is 0.110 e. The highest BCUT2D eigenvalue weighted by atomic mass is 32.1. The third kappa shape index (κ3) is 3.85. The molecule has 0 bridgehead atoms. The van der Waals surface area contributed by atoms with Crippen LogP contribution in [0.15, 0.2) is 6.20 Å². The molecular weight excluding hydrogens is 278 g/mol. The Balaban J connectivity index is 2.17. The first-order valence-corrected chi connectivity index (χ1v) is 9.19. The molecule has 0 aromatic carbocycles. The topological polar surface area (TPSA) is 28.2 Å². The molecule has 1 fully saturated rings. The van der Waals surface area contributed by atoms with Gasteiger partial charge in [0.15, 0.2) is 0 Å². The summed E-state index contributed by atoms with van der Waals surface area (Å²) in [6.45, 7) is 16.1. The van der Waals surface area contributed by atoms with E-state index in [9.17, 15) is 0 Å². The quantitative estimate of drug-likeness (QED) is 0.898. The average molecular weight is 310 g/mol. The summed E-state index contributed by atoms with van der Waals surface area (Å²) in [6, 6.07) is 1.61. The molecule has 0 amide bonds. The van der Waals surface area contributed by atoms with Gasteiger partial charge in [0, 0.05) is 36.2 Å². The Hall–Kier alpha value is -0.450. The number of thiazole rings is 1. The SMILES string of the molecule is CCc1cnc(C(C)N2CC(C(C)C)NCC2C(C)C)s1. The van der Waals surface area contributed by atoms with E-state index in [4.69, 9.17) is 0 Å². The molecule has 0 saturated carbocycles. The summed E-state index contributed by atoms with van der Waals surface area (Å²) in [7, 11) is 0. The van der Waals surface area contributed by atoms with Crippen molar-refractivity contribution < 1.29 is 0 Å². The Morgan fingerprint density at radius 1 is 1.29 bits per heavy atom. The smallest absolute Gasteiger partial charge is 0.110 e. The Labute approximate surface area is 134 Å². The van der Waals surface area contributed by atoms with Crippen LogP contribution in [-0.2, 0) is 6.42 Å². The van der Waals surface area contributed by atoms with E-state index in [1.54, 1.807) is 0 Å². The molecule has 2 rings (SSSR count). The van der Waals surface area contributed by atoms with Crippen molar-refractivity contribution in [3.63, 3.8) is 0 Å². The lowest BCUT2D eigenvalue weighted by Crippen LogP contribution is -2.60. The molecule has 1 aliphatic heterocycles. The molecular formula is C17H31N3S. The van der Waals surface area contributed by atoms with E-state index < -0.39 is 0 Å². The Morgan fingerprint density at radius 2 is 2.00 bits per heavy atom. The average Bonchev–Trinajstić information content (AvgIpc) is 2.94. The largest absolute Gasteiger partial charge is 0.311 e. The van der Waals surface area contributed by atoms with Crippen molar-refractivity contribution in [1.29, 1.82) is 0 Å². The van der Waals surface area contributed by atoms with Gasteiger partial charge in [-0.2, -0.15) is 0 Å². The van der Waals surface area contributed by atoms with Crippen molar-refractivity contribution in [3.8, 4) is 0 Å². The molecule has 120 valence electrons. The first kappa shape index (κ1) is 16.9. The fourth-order valence-corrected chi connectivity index (χ4v) is 4.08. The number of aromatic nitrogens is 1. The molecule has 1 aromatic rings. The highest BCUT2D eigenvalue weighted by molar-refractivity contribution is 7.11. The summed E-state index contributed by atoms with van der Waals surface area (Å²) in [6.07, 6.45) is 3.15. The molecule has 1 N–H and O–H groups in total. The van der Waals surface area contributed by atoms with Gasteiger partial charge in [-0.3, -0.25) is 4.90 Å². The minimum Gasteiger partial charge on any atom is -0.311 e. The third-order valence-electron chi connectivity index (χ3n) is 4.77. The van der Waals surface area contributed by atoms with E-state index in [1.807, 2.05) is 11.3 Å². The number of rotatable bonds is 5. The zero-order chi connectivity index (χ0) is 15.6. The van der Waals surface area contributed by atoms with E-state index in [2.05, 4.69) is 62.9 Å². The summed E-state index contributed by atoms with van der Waals surface area (Å²) in [5.74, 6) is 1.34. The third-order valence-corrected chi connectivity index (χ3v) is 6.08. The van der Waals surface area contributed by atoms with Gasteiger partial charge in [-0.05, 0) is 25.2 Å². The van der Waals surface area contributed by atoms with E-state index in [1.165, 1.54) is 9.88 Å². The second-order valence-electron chi connectivity index (χ2n) is 6.96. The van der Waals surface area contributed by atoms with Crippen molar-refractivity contribution in [2.24, 2.45) is 11.8 Å². The highest BCUT2D eigenvalue weighted by Gasteiger charge is 2.35. The minimum absolute atomic E-state index is 0.422. The molecule has 1 aliphatic rings. The molecule has 3 atom stereocenters. The Morgan fingerprint density at radius 3 is 2.52 bits per heavy atom. The summed E-state index contributed by atoms with van der Waals surface area (Å²) >= 11 is 1.88. The van der Waals surface area contributed by atoms with E-state index in [0.29, 0.717) is 30.0 Å². The molecule has 1 saturated heterocycles. The lowest BCUT2D eigenvalue weighted by Gasteiger charge is -2.46. The first-order chi connectivity index (χ1) is 9.93. The van der Waals surface area contributed by atoms with Gasteiger partial charge in [0.1, 0.15) is 5.01 Å². The number of hydrogen-bond acceptors (Lipinski definition) is 4. The van der Waals surface area contributed by atoms with Crippen LogP contribution in [0.4, 0.5) is 0 Å². The second-order valence-corrected chi connectivity index (χ2v) is 8.11. The van der Waals surface area contributed by atoms with Crippen LogP contribution in [0.3, 0.4) is 0 Å². The fourth-order valence-electron chi connectivity index (χ4n) is 3.15. The molecule has 21 heavy (non-hydrogen) atoms. The van der Waals surface area contributed by atoms with Crippen LogP contribution in [0.25, 0.3) is 0 Å². The van der Waals surface area contributed by atoms with E-state index >= 15 is 0 Å². The fraction of sp³-hybridized carbons (Fsp3) is 0.824. The molecule has 2 heterocycles. The van der Waals surface area contributed by atoms with Crippen LogP contribution < -0.4 is 5.32 Å². The predicted molar refractivity (Wildman–Crippen MR) is 91.9 cm³/mol. The monoisotopic (exact) mass is 309 g/mol. The number of nitrogens with one attached hydrogen (secondary N) is 1. The Bertz CT molecular complexity index is 441. The van der Waals surface area contributed by atoms with Crippen molar-refractivity contribution >= 4 is 11.3 Å². The zero-order valence-corrected chi connectivity index (χ0v) is 15.2. The standard InChI is InChI=1S/C17H31N3S/c1-7-14-8-19-17(21-14)13(6)20-10-15(11(2)3)18-9-16(20)12(4)5/h8,11-13,15-16,18H,7,9-10H2,1-6H3. The maximum atomic E-state index is 4.68. The van der Waals surface area contributed by atoms with Crippen molar-refractivity contribution in [2.45, 2.75) is 66.1 Å². The van der Waals surface area contributed by atoms with Crippen LogP contribution in [0.5, 0.6) is 0 Å². The minimum atomic E-state index is 0.422. The van der Waals surface area contributed by atoms with E-state index in [0.717, 1.165) is 19.5 Å². The lowest BCUT2D eigenvalue weighted by molar-refractivity contribution is 0.0512. The van der Waals surface area contributed by atoms with Gasteiger partial charge in [0.2, 0.25) is 0 Å². The summed E-state index contributed by atoms with van der Waals surface area (Å²) in [4.78, 5) is 8.76. The van der Waals surface area contributed by atoms with Crippen molar-refractivity contribution in [3.05, 3.63) is 16.1 Å². The zero-order valence-electron chi connectivity index (χ0n) is 14.4. The van der Waals surface area contributed by atoms with Gasteiger partial charge in [-0.25, -0.2) is 4.98 Å². The first-order valence-electron chi connectivity index (χ1n) is 8.37.